The highest BCUT2D eigenvalue weighted by atomic mass is 16.4. The van der Waals surface area contributed by atoms with Crippen molar-refractivity contribution in [2.75, 3.05) is 45.8 Å². The summed E-state index contributed by atoms with van der Waals surface area (Å²) in [5, 5.41) is 12.6. The molecule has 2 N–H and O–H groups in total. The molecule has 1 saturated heterocycles. The van der Waals surface area contributed by atoms with Crippen molar-refractivity contribution in [3.05, 3.63) is 0 Å². The van der Waals surface area contributed by atoms with Crippen LogP contribution in [0, 0.1) is 0 Å². The van der Waals surface area contributed by atoms with Crippen LogP contribution in [0.25, 0.3) is 0 Å². The summed E-state index contributed by atoms with van der Waals surface area (Å²) in [7, 11) is 0. The Labute approximate surface area is 129 Å². The number of piperazine rings is 1. The molecule has 0 saturated carbocycles. The number of nitrogens with one attached hydrogen (secondary N) is 1. The maximum Gasteiger partial charge on any atom is 0.323 e. The van der Waals surface area contributed by atoms with Crippen molar-refractivity contribution >= 4 is 5.97 Å². The molecule has 5 nitrogen and oxygen atoms in total. The molecule has 0 radical (unpaired) electrons. The van der Waals surface area contributed by atoms with E-state index in [1.165, 1.54) is 13.1 Å². The molecule has 0 aromatic rings. The predicted molar refractivity (Wildman–Crippen MR) is 86.7 cm³/mol. The molecule has 1 fully saturated rings. The number of likely N-dealkylation sites (N-methyl/N-ethyl adjacent to an activating group) is 1. The Morgan fingerprint density at radius 1 is 1.14 bits per heavy atom. The summed E-state index contributed by atoms with van der Waals surface area (Å²) in [6.07, 6.45) is 3.72. The molecule has 0 amide bonds. The Morgan fingerprint density at radius 3 is 2.29 bits per heavy atom. The van der Waals surface area contributed by atoms with Gasteiger partial charge in [0.2, 0.25) is 0 Å². The van der Waals surface area contributed by atoms with Crippen LogP contribution in [0.3, 0.4) is 0 Å². The number of carboxylic acid groups (broad SMARTS) is 1. The summed E-state index contributed by atoms with van der Waals surface area (Å²) in [5.74, 6) is -0.729. The van der Waals surface area contributed by atoms with Gasteiger partial charge in [0.1, 0.15) is 5.54 Å². The summed E-state index contributed by atoms with van der Waals surface area (Å²) < 4.78 is 0. The molecule has 21 heavy (non-hydrogen) atoms. The van der Waals surface area contributed by atoms with Crippen molar-refractivity contribution in [1.29, 1.82) is 0 Å². The van der Waals surface area contributed by atoms with Crippen LogP contribution in [-0.2, 0) is 4.79 Å². The lowest BCUT2D eigenvalue weighted by atomic mass is 9.94. The van der Waals surface area contributed by atoms with E-state index in [1.807, 2.05) is 6.92 Å². The maximum atomic E-state index is 11.4. The topological polar surface area (TPSA) is 55.8 Å². The Kier molecular flexibility index (Phi) is 8.22. The van der Waals surface area contributed by atoms with Crippen molar-refractivity contribution in [2.45, 2.75) is 52.0 Å². The van der Waals surface area contributed by atoms with Crippen LogP contribution < -0.4 is 5.32 Å². The highest BCUT2D eigenvalue weighted by molar-refractivity contribution is 5.78. The van der Waals surface area contributed by atoms with Crippen LogP contribution in [0.5, 0.6) is 0 Å². The molecule has 1 unspecified atom stereocenters. The van der Waals surface area contributed by atoms with E-state index in [1.54, 1.807) is 0 Å². The van der Waals surface area contributed by atoms with Gasteiger partial charge in [0.25, 0.3) is 0 Å². The zero-order valence-corrected chi connectivity index (χ0v) is 14.0. The van der Waals surface area contributed by atoms with E-state index in [4.69, 9.17) is 0 Å². The minimum absolute atomic E-state index is 0.706. The van der Waals surface area contributed by atoms with E-state index in [2.05, 4.69) is 29.0 Å². The minimum atomic E-state index is -0.767. The third kappa shape index (κ3) is 6.32. The molecule has 0 spiro atoms. The van der Waals surface area contributed by atoms with Gasteiger partial charge in [-0.05, 0) is 52.2 Å². The lowest BCUT2D eigenvalue weighted by Crippen LogP contribution is -2.50. The quantitative estimate of drug-likeness (QED) is 0.601. The van der Waals surface area contributed by atoms with Crippen molar-refractivity contribution < 1.29 is 9.90 Å². The van der Waals surface area contributed by atoms with Crippen molar-refractivity contribution in [1.82, 2.24) is 15.1 Å². The molecule has 0 bridgehead atoms. The van der Waals surface area contributed by atoms with Crippen molar-refractivity contribution in [2.24, 2.45) is 0 Å². The third-order valence-electron chi connectivity index (χ3n) is 4.55. The molecule has 124 valence electrons. The van der Waals surface area contributed by atoms with E-state index < -0.39 is 11.5 Å². The van der Waals surface area contributed by atoms with Crippen LogP contribution in [0.15, 0.2) is 0 Å². The van der Waals surface area contributed by atoms with Gasteiger partial charge in [0, 0.05) is 26.2 Å². The lowest BCUT2D eigenvalue weighted by molar-refractivity contribution is -0.144. The molecule has 0 aromatic heterocycles. The standard InChI is InChI=1S/C16H33N3O2/c1-4-9-17-16(3,15(20)21)8-6-7-10-19-13-11-18(5-2)12-14-19/h17H,4-14H2,1-3H3,(H,20,21). The number of hydrogen-bond acceptors (Lipinski definition) is 4. The molecule has 1 atom stereocenters. The zero-order valence-electron chi connectivity index (χ0n) is 14.0. The molecule has 1 aliphatic rings. The largest absolute Gasteiger partial charge is 0.480 e. The first-order valence-corrected chi connectivity index (χ1v) is 8.45. The first-order chi connectivity index (χ1) is 10.0. The van der Waals surface area contributed by atoms with Crippen LogP contribution in [-0.4, -0.2) is 72.2 Å². The highest BCUT2D eigenvalue weighted by Gasteiger charge is 2.31. The van der Waals surface area contributed by atoms with Crippen molar-refractivity contribution in [3.63, 3.8) is 0 Å². The first kappa shape index (κ1) is 18.4. The first-order valence-electron chi connectivity index (χ1n) is 8.45. The summed E-state index contributed by atoms with van der Waals surface area (Å²) in [6, 6.07) is 0. The SMILES string of the molecule is CCCNC(C)(CCCCN1CCN(CC)CC1)C(=O)O. The number of aliphatic carboxylic acids is 1. The number of unbranched alkanes of at least 4 members (excludes halogenated alkanes) is 1. The van der Waals surface area contributed by atoms with Gasteiger partial charge < -0.3 is 20.2 Å². The molecule has 1 aliphatic heterocycles. The predicted octanol–water partition coefficient (Wildman–Crippen LogP) is 1.64. The van der Waals surface area contributed by atoms with Gasteiger partial charge in [-0.2, -0.15) is 0 Å². The average molecular weight is 299 g/mol. The van der Waals surface area contributed by atoms with Crippen LogP contribution in [0.2, 0.25) is 0 Å². The number of rotatable bonds is 10. The Hall–Kier alpha value is -0.650. The molecule has 1 rings (SSSR count). The van der Waals surface area contributed by atoms with Gasteiger partial charge in [-0.25, -0.2) is 0 Å². The maximum absolute atomic E-state index is 11.4. The number of carbonyl (C=O) groups is 1. The summed E-state index contributed by atoms with van der Waals surface area (Å²) in [5.41, 5.74) is -0.767. The Balaban J connectivity index is 2.21. The molecule has 0 aliphatic carbocycles. The molecule has 0 aromatic carbocycles. The number of hydrogen-bond donors (Lipinski definition) is 2. The second-order valence-electron chi connectivity index (χ2n) is 6.30. The van der Waals surface area contributed by atoms with Gasteiger partial charge in [0.15, 0.2) is 0 Å². The van der Waals surface area contributed by atoms with Crippen LogP contribution in [0.1, 0.15) is 46.5 Å². The van der Waals surface area contributed by atoms with Gasteiger partial charge in [-0.3, -0.25) is 4.79 Å². The Morgan fingerprint density at radius 2 is 1.76 bits per heavy atom. The fourth-order valence-corrected chi connectivity index (χ4v) is 2.81. The lowest BCUT2D eigenvalue weighted by Gasteiger charge is -2.34. The van der Waals surface area contributed by atoms with Gasteiger partial charge in [-0.1, -0.05) is 13.8 Å². The molecule has 1 heterocycles. The Bertz CT molecular complexity index is 304. The van der Waals surface area contributed by atoms with E-state index >= 15 is 0 Å². The van der Waals surface area contributed by atoms with Gasteiger partial charge >= 0.3 is 5.97 Å². The second-order valence-corrected chi connectivity index (χ2v) is 6.30. The van der Waals surface area contributed by atoms with E-state index in [0.717, 1.165) is 52.0 Å². The second kappa shape index (κ2) is 9.38. The van der Waals surface area contributed by atoms with E-state index in [-0.39, 0.29) is 0 Å². The number of nitrogens with zero attached hydrogens (tertiary/aromatic N) is 2. The molecule has 5 heteroatoms. The summed E-state index contributed by atoms with van der Waals surface area (Å²) in [4.78, 5) is 16.4. The van der Waals surface area contributed by atoms with Gasteiger partial charge in [-0.15, -0.1) is 0 Å². The number of carboxylic acids is 1. The smallest absolute Gasteiger partial charge is 0.323 e. The molecular weight excluding hydrogens is 266 g/mol. The average Bonchev–Trinajstić information content (AvgIpc) is 2.50. The fraction of sp³-hybridized carbons (Fsp3) is 0.938. The fourth-order valence-electron chi connectivity index (χ4n) is 2.81. The van der Waals surface area contributed by atoms with E-state index in [9.17, 15) is 9.90 Å². The van der Waals surface area contributed by atoms with Crippen molar-refractivity contribution in [3.8, 4) is 0 Å². The normalized spacial score (nSPS) is 20.3. The minimum Gasteiger partial charge on any atom is -0.480 e. The van der Waals surface area contributed by atoms with Crippen LogP contribution >= 0.6 is 0 Å². The van der Waals surface area contributed by atoms with E-state index in [0.29, 0.717) is 6.42 Å². The zero-order chi connectivity index (χ0) is 15.7. The third-order valence-corrected chi connectivity index (χ3v) is 4.55. The molecular formula is C16H33N3O2. The van der Waals surface area contributed by atoms with Gasteiger partial charge in [0.05, 0.1) is 0 Å². The monoisotopic (exact) mass is 299 g/mol. The summed E-state index contributed by atoms with van der Waals surface area (Å²) >= 11 is 0. The highest BCUT2D eigenvalue weighted by Crippen LogP contribution is 2.15. The summed E-state index contributed by atoms with van der Waals surface area (Å²) in [6.45, 7) is 13.7. The van der Waals surface area contributed by atoms with Crippen LogP contribution in [0.4, 0.5) is 0 Å².